The van der Waals surface area contributed by atoms with Crippen molar-refractivity contribution in [1.82, 2.24) is 14.9 Å². The molecule has 1 aliphatic rings. The molecule has 2 amide bonds. The van der Waals surface area contributed by atoms with Gasteiger partial charge in [0, 0.05) is 29.3 Å². The van der Waals surface area contributed by atoms with Gasteiger partial charge in [0.1, 0.15) is 12.1 Å². The van der Waals surface area contributed by atoms with Crippen LogP contribution in [0.4, 0.5) is 22.0 Å². The molecule has 0 atom stereocenters. The summed E-state index contributed by atoms with van der Waals surface area (Å²) in [5.74, 6) is 1.90. The van der Waals surface area contributed by atoms with E-state index < -0.39 is 11.0 Å². The highest BCUT2D eigenvalue weighted by Crippen LogP contribution is 2.34. The van der Waals surface area contributed by atoms with Crippen molar-refractivity contribution < 1.29 is 19.2 Å². The zero-order valence-electron chi connectivity index (χ0n) is 19.0. The predicted octanol–water partition coefficient (Wildman–Crippen LogP) is 3.91. The number of piperidine rings is 1. The topological polar surface area (TPSA) is 132 Å². The molecule has 3 aromatic rings. The number of rotatable bonds is 7. The zero-order chi connectivity index (χ0) is 24.1. The monoisotopic (exact) mass is 466 g/mol. The molecular formula is C23H26N6O5. The third-order valence-electron chi connectivity index (χ3n) is 5.80. The molecule has 0 radical (unpaired) electrons. The molecular weight excluding hydrogens is 440 g/mol. The molecule has 2 N–H and O–H groups in total. The van der Waals surface area contributed by atoms with Crippen LogP contribution in [0.3, 0.4) is 0 Å². The van der Waals surface area contributed by atoms with Crippen molar-refractivity contribution in [1.29, 1.82) is 0 Å². The highest BCUT2D eigenvalue weighted by molar-refractivity contribution is 6.04. The fourth-order valence-corrected chi connectivity index (χ4v) is 3.81. The number of nitro groups is 1. The lowest BCUT2D eigenvalue weighted by Gasteiger charge is -2.28. The average molecular weight is 466 g/mol. The van der Waals surface area contributed by atoms with Crippen molar-refractivity contribution in [2.45, 2.75) is 12.8 Å². The van der Waals surface area contributed by atoms with E-state index in [9.17, 15) is 14.9 Å². The van der Waals surface area contributed by atoms with Crippen LogP contribution in [0, 0.1) is 16.0 Å². The highest BCUT2D eigenvalue weighted by Gasteiger charge is 2.19. The second kappa shape index (κ2) is 10.3. The van der Waals surface area contributed by atoms with Gasteiger partial charge in [-0.2, -0.15) is 0 Å². The van der Waals surface area contributed by atoms with Crippen molar-refractivity contribution >= 4 is 34.1 Å². The maximum atomic E-state index is 12.5. The van der Waals surface area contributed by atoms with E-state index in [1.165, 1.54) is 30.6 Å². The van der Waals surface area contributed by atoms with E-state index in [0.29, 0.717) is 46.4 Å². The van der Waals surface area contributed by atoms with Gasteiger partial charge in [0.15, 0.2) is 11.5 Å². The summed E-state index contributed by atoms with van der Waals surface area (Å²) in [7, 11) is 3.68. The lowest BCUT2D eigenvalue weighted by atomic mass is 9.98. The Morgan fingerprint density at radius 2 is 1.88 bits per heavy atom. The Kier molecular flexibility index (Phi) is 7.02. The maximum Gasteiger partial charge on any atom is 0.324 e. The fraction of sp³-hybridized carbons (Fsp3) is 0.348. The number of aromatic nitrogens is 2. The third-order valence-corrected chi connectivity index (χ3v) is 5.80. The van der Waals surface area contributed by atoms with Crippen LogP contribution < -0.4 is 20.1 Å². The Morgan fingerprint density at radius 1 is 1.15 bits per heavy atom. The van der Waals surface area contributed by atoms with Gasteiger partial charge in [-0.3, -0.25) is 15.4 Å². The van der Waals surface area contributed by atoms with Crippen LogP contribution in [0.15, 0.2) is 42.7 Å². The summed E-state index contributed by atoms with van der Waals surface area (Å²) in [4.78, 5) is 33.6. The van der Waals surface area contributed by atoms with Crippen LogP contribution >= 0.6 is 0 Å². The number of nitrogens with zero attached hydrogens (tertiary/aromatic N) is 4. The van der Waals surface area contributed by atoms with Crippen molar-refractivity contribution in [2.24, 2.45) is 5.92 Å². The Hall–Kier alpha value is -3.99. The maximum absolute atomic E-state index is 12.5. The first-order valence-corrected chi connectivity index (χ1v) is 10.9. The minimum absolute atomic E-state index is 0.0614. The molecule has 1 aromatic heterocycles. The summed E-state index contributed by atoms with van der Waals surface area (Å²) in [6.07, 6.45) is 3.54. The Balaban J connectivity index is 1.47. The first-order chi connectivity index (χ1) is 16.4. The molecule has 0 saturated carbocycles. The molecule has 2 aromatic carbocycles. The van der Waals surface area contributed by atoms with Crippen LogP contribution in [0.2, 0.25) is 0 Å². The summed E-state index contributed by atoms with van der Waals surface area (Å²) < 4.78 is 11.6. The first-order valence-electron chi connectivity index (χ1n) is 10.9. The smallest absolute Gasteiger partial charge is 0.324 e. The van der Waals surface area contributed by atoms with E-state index in [1.54, 1.807) is 19.2 Å². The Bertz CT molecular complexity index is 1180. The van der Waals surface area contributed by atoms with E-state index in [-0.39, 0.29) is 5.69 Å². The summed E-state index contributed by atoms with van der Waals surface area (Å²) in [5.41, 5.74) is 0.942. The molecule has 1 saturated heterocycles. The highest BCUT2D eigenvalue weighted by atomic mass is 16.6. The number of fused-ring (bicyclic) bond motifs is 1. The number of nitrogens with one attached hydrogen (secondary N) is 2. The number of hydrogen-bond donors (Lipinski definition) is 2. The number of nitro benzene ring substituents is 1. The number of carbonyl (C=O) groups is 1. The van der Waals surface area contributed by atoms with E-state index >= 15 is 0 Å². The van der Waals surface area contributed by atoms with Gasteiger partial charge in [0.25, 0.3) is 5.69 Å². The van der Waals surface area contributed by atoms with Crippen LogP contribution in [0.5, 0.6) is 11.5 Å². The minimum Gasteiger partial charge on any atom is -0.493 e. The normalized spacial score (nSPS) is 14.5. The Morgan fingerprint density at radius 3 is 2.56 bits per heavy atom. The second-order valence-corrected chi connectivity index (χ2v) is 8.18. The number of methoxy groups -OCH3 is 1. The first kappa shape index (κ1) is 23.2. The van der Waals surface area contributed by atoms with Gasteiger partial charge in [0.2, 0.25) is 0 Å². The zero-order valence-corrected chi connectivity index (χ0v) is 19.0. The molecule has 11 nitrogen and oxygen atoms in total. The summed E-state index contributed by atoms with van der Waals surface area (Å²) in [6, 6.07) is 8.50. The van der Waals surface area contributed by atoms with Gasteiger partial charge >= 0.3 is 6.03 Å². The predicted molar refractivity (Wildman–Crippen MR) is 128 cm³/mol. The van der Waals surface area contributed by atoms with Gasteiger partial charge in [-0.1, -0.05) is 0 Å². The molecule has 0 aliphatic carbocycles. The molecule has 11 heteroatoms. The van der Waals surface area contributed by atoms with E-state index in [2.05, 4.69) is 32.5 Å². The number of anilines is 2. The van der Waals surface area contributed by atoms with Crippen molar-refractivity contribution in [3.05, 3.63) is 52.8 Å². The number of amides is 2. The SMILES string of the molecule is COc1cc2c(NC(=O)Nc3ccc([N+](=O)[O-])cc3)ncnc2cc1OCC1CCN(C)CC1. The van der Waals surface area contributed by atoms with Gasteiger partial charge < -0.3 is 19.7 Å². The molecule has 1 aliphatic heterocycles. The van der Waals surface area contributed by atoms with E-state index in [1.807, 2.05) is 0 Å². The summed E-state index contributed by atoms with van der Waals surface area (Å²) >= 11 is 0. The second-order valence-electron chi connectivity index (χ2n) is 8.18. The molecule has 2 heterocycles. The molecule has 0 unspecified atom stereocenters. The quantitative estimate of drug-likeness (QED) is 0.396. The summed E-state index contributed by atoms with van der Waals surface area (Å²) in [6.45, 7) is 2.73. The number of non-ortho nitro benzene ring substituents is 1. The largest absolute Gasteiger partial charge is 0.493 e. The number of likely N-dealkylation sites (tertiary alicyclic amines) is 1. The van der Waals surface area contributed by atoms with Crippen LogP contribution in [0.1, 0.15) is 12.8 Å². The van der Waals surface area contributed by atoms with Gasteiger partial charge in [0.05, 0.1) is 24.2 Å². The number of benzene rings is 2. The lowest BCUT2D eigenvalue weighted by Crippen LogP contribution is -2.32. The number of urea groups is 1. The lowest BCUT2D eigenvalue weighted by molar-refractivity contribution is -0.384. The molecule has 1 fully saturated rings. The molecule has 34 heavy (non-hydrogen) atoms. The molecule has 4 rings (SSSR count). The average Bonchev–Trinajstić information content (AvgIpc) is 2.83. The number of hydrogen-bond acceptors (Lipinski definition) is 8. The van der Waals surface area contributed by atoms with Gasteiger partial charge in [-0.05, 0) is 57.1 Å². The standard InChI is InChI=1S/C23H26N6O5/c1-28-9-7-15(8-10-28)13-34-21-12-19-18(11-20(21)33-2)22(25-14-24-19)27-23(30)26-16-3-5-17(6-4-16)29(31)32/h3-6,11-12,14-15H,7-10,13H2,1-2H3,(H2,24,25,26,27,30). The summed E-state index contributed by atoms with van der Waals surface area (Å²) in [5, 5.41) is 16.7. The molecule has 0 spiro atoms. The molecule has 0 bridgehead atoms. The molecule has 178 valence electrons. The van der Waals surface area contributed by atoms with E-state index in [0.717, 1.165) is 25.9 Å². The third kappa shape index (κ3) is 5.49. The number of ether oxygens (including phenoxy) is 2. The minimum atomic E-state index is -0.546. The van der Waals surface area contributed by atoms with Crippen molar-refractivity contribution in [3.8, 4) is 11.5 Å². The van der Waals surface area contributed by atoms with Crippen molar-refractivity contribution in [3.63, 3.8) is 0 Å². The van der Waals surface area contributed by atoms with Crippen LogP contribution in [-0.4, -0.2) is 59.7 Å². The Labute approximate surface area is 196 Å². The van der Waals surface area contributed by atoms with Crippen LogP contribution in [-0.2, 0) is 0 Å². The van der Waals surface area contributed by atoms with Crippen molar-refractivity contribution in [2.75, 3.05) is 44.5 Å². The fourth-order valence-electron chi connectivity index (χ4n) is 3.81. The van der Waals surface area contributed by atoms with Gasteiger partial charge in [-0.15, -0.1) is 0 Å². The van der Waals surface area contributed by atoms with Gasteiger partial charge in [-0.25, -0.2) is 14.8 Å². The van der Waals surface area contributed by atoms with E-state index in [4.69, 9.17) is 9.47 Å². The number of carbonyl (C=O) groups excluding carboxylic acids is 1. The van der Waals surface area contributed by atoms with Crippen LogP contribution in [0.25, 0.3) is 10.9 Å².